The first kappa shape index (κ1) is 23.0. The molecule has 2 aromatic heterocycles. The summed E-state index contributed by atoms with van der Waals surface area (Å²) in [5, 5.41) is 17.0. The minimum absolute atomic E-state index is 0.471. The Kier molecular flexibility index (Phi) is 6.81. The van der Waals surface area contributed by atoms with E-state index >= 15 is 0 Å². The molecule has 2 N–H and O–H groups in total. The lowest BCUT2D eigenvalue weighted by Gasteiger charge is -2.10. The maximum atomic E-state index is 6.30. The Morgan fingerprint density at radius 1 is 0.909 bits per heavy atom. The van der Waals surface area contributed by atoms with Crippen LogP contribution in [0.25, 0.3) is 0 Å². The van der Waals surface area contributed by atoms with Crippen molar-refractivity contribution in [1.29, 1.82) is 0 Å². The van der Waals surface area contributed by atoms with Gasteiger partial charge >= 0.3 is 0 Å². The average Bonchev–Trinajstić information content (AvgIpc) is 3.24. The maximum Gasteiger partial charge on any atom is 0.176 e. The Labute approximate surface area is 204 Å². The number of halogens is 1. The third kappa shape index (κ3) is 5.43. The van der Waals surface area contributed by atoms with Gasteiger partial charge in [0, 0.05) is 16.8 Å². The number of aryl methyl sites for hydroxylation is 3. The summed E-state index contributed by atoms with van der Waals surface area (Å²) in [6.45, 7) is 9.42. The van der Waals surface area contributed by atoms with Gasteiger partial charge in [0.05, 0.1) is 30.2 Å². The van der Waals surface area contributed by atoms with Gasteiger partial charge in [-0.3, -0.25) is 9.36 Å². The van der Waals surface area contributed by atoms with Crippen molar-refractivity contribution in [1.82, 2.24) is 19.6 Å². The lowest BCUT2D eigenvalue weighted by atomic mass is 10.1. The summed E-state index contributed by atoms with van der Waals surface area (Å²) in [7, 11) is 0. The minimum atomic E-state index is 0.471. The predicted octanol–water partition coefficient (Wildman–Crippen LogP) is 5.87. The molecule has 0 aliphatic rings. The fraction of sp³-hybridized carbons (Fsp3) is 0.240. The highest BCUT2D eigenvalue weighted by Crippen LogP contribution is 2.22. The number of rotatable bonds is 6. The van der Waals surface area contributed by atoms with Crippen molar-refractivity contribution in [3.8, 4) is 0 Å². The number of anilines is 2. The van der Waals surface area contributed by atoms with E-state index in [0.29, 0.717) is 24.0 Å². The highest BCUT2D eigenvalue weighted by Gasteiger charge is 2.14. The van der Waals surface area contributed by atoms with Crippen molar-refractivity contribution in [2.45, 2.75) is 40.8 Å². The van der Waals surface area contributed by atoms with Crippen molar-refractivity contribution >= 4 is 40.4 Å². The molecule has 0 radical (unpaired) electrons. The van der Waals surface area contributed by atoms with Crippen LogP contribution in [-0.4, -0.2) is 24.7 Å². The lowest BCUT2D eigenvalue weighted by Crippen LogP contribution is -2.20. The second kappa shape index (κ2) is 9.77. The van der Waals surface area contributed by atoms with Gasteiger partial charge in [0.2, 0.25) is 0 Å². The highest BCUT2D eigenvalue weighted by atomic mass is 35.5. The minimum Gasteiger partial charge on any atom is -0.329 e. The Morgan fingerprint density at radius 3 is 2.36 bits per heavy atom. The van der Waals surface area contributed by atoms with Gasteiger partial charge in [0.1, 0.15) is 0 Å². The Morgan fingerprint density at radius 2 is 1.64 bits per heavy atom. The Bertz CT molecular complexity index is 1290. The fourth-order valence-electron chi connectivity index (χ4n) is 3.68. The van der Waals surface area contributed by atoms with Crippen LogP contribution in [0.2, 0.25) is 5.02 Å². The third-order valence-electron chi connectivity index (χ3n) is 5.57. The van der Waals surface area contributed by atoms with E-state index in [9.17, 15) is 0 Å². The van der Waals surface area contributed by atoms with Gasteiger partial charge in [-0.15, -0.1) is 0 Å². The standard InChI is InChI=1S/C25H27ClN6S/c1-16-9-11-20(12-10-16)14-32-19(4)24(18(3)29-32)28-25(33)27-23-13-17(2)31(30-23)15-21-7-5-6-8-22(21)26/h5-13H,14-15H2,1-4H3,(H2,27,28,30,33). The first-order valence-corrected chi connectivity index (χ1v) is 11.5. The molecule has 0 aliphatic heterocycles. The van der Waals surface area contributed by atoms with Crippen molar-refractivity contribution in [2.24, 2.45) is 0 Å². The lowest BCUT2D eigenvalue weighted by molar-refractivity contribution is 0.659. The van der Waals surface area contributed by atoms with Gasteiger partial charge in [-0.25, -0.2) is 0 Å². The summed E-state index contributed by atoms with van der Waals surface area (Å²) < 4.78 is 3.90. The van der Waals surface area contributed by atoms with E-state index < -0.39 is 0 Å². The molecular weight excluding hydrogens is 452 g/mol. The number of hydrogen-bond donors (Lipinski definition) is 2. The van der Waals surface area contributed by atoms with E-state index in [1.807, 2.05) is 60.5 Å². The quantitative estimate of drug-likeness (QED) is 0.339. The predicted molar refractivity (Wildman–Crippen MR) is 139 cm³/mol. The van der Waals surface area contributed by atoms with E-state index in [1.165, 1.54) is 11.1 Å². The maximum absolute atomic E-state index is 6.30. The molecular formula is C25H27ClN6S. The first-order valence-electron chi connectivity index (χ1n) is 10.8. The van der Waals surface area contributed by atoms with Crippen LogP contribution < -0.4 is 10.6 Å². The summed E-state index contributed by atoms with van der Waals surface area (Å²) in [5.41, 5.74) is 7.31. The van der Waals surface area contributed by atoms with Crippen LogP contribution in [0.4, 0.5) is 11.5 Å². The van der Waals surface area contributed by atoms with E-state index in [2.05, 4.69) is 46.9 Å². The number of aromatic nitrogens is 4. The van der Waals surface area contributed by atoms with Gasteiger partial charge in [-0.1, -0.05) is 59.6 Å². The molecule has 0 atom stereocenters. The molecule has 0 fully saturated rings. The van der Waals surface area contributed by atoms with E-state index in [-0.39, 0.29) is 0 Å². The van der Waals surface area contributed by atoms with Crippen LogP contribution in [0.15, 0.2) is 54.6 Å². The van der Waals surface area contributed by atoms with Crippen LogP contribution in [0.5, 0.6) is 0 Å². The molecule has 0 saturated carbocycles. The summed E-state index contributed by atoms with van der Waals surface area (Å²) in [4.78, 5) is 0. The van der Waals surface area contributed by atoms with Crippen LogP contribution in [-0.2, 0) is 13.1 Å². The third-order valence-corrected chi connectivity index (χ3v) is 6.15. The number of thiocarbonyl (C=S) groups is 1. The number of nitrogens with one attached hydrogen (secondary N) is 2. The average molecular weight is 479 g/mol. The molecule has 0 bridgehead atoms. The van der Waals surface area contributed by atoms with Crippen molar-refractivity contribution in [3.63, 3.8) is 0 Å². The van der Waals surface area contributed by atoms with E-state index in [0.717, 1.165) is 33.4 Å². The monoisotopic (exact) mass is 478 g/mol. The number of hydrogen-bond acceptors (Lipinski definition) is 3. The first-order chi connectivity index (χ1) is 15.8. The van der Waals surface area contributed by atoms with Crippen molar-refractivity contribution in [3.05, 3.63) is 93.4 Å². The topological polar surface area (TPSA) is 59.7 Å². The smallest absolute Gasteiger partial charge is 0.176 e. The van der Waals surface area contributed by atoms with Gasteiger partial charge in [0.15, 0.2) is 10.9 Å². The van der Waals surface area contributed by atoms with E-state index in [4.69, 9.17) is 28.9 Å². The van der Waals surface area contributed by atoms with E-state index in [1.54, 1.807) is 0 Å². The molecule has 0 unspecified atom stereocenters. The molecule has 170 valence electrons. The summed E-state index contributed by atoms with van der Waals surface area (Å²) in [6, 6.07) is 18.2. The molecule has 0 aliphatic carbocycles. The zero-order valence-corrected chi connectivity index (χ0v) is 20.8. The SMILES string of the molecule is Cc1ccc(Cn2nc(C)c(NC(=S)Nc3cc(C)n(Cc4ccccc4Cl)n3)c2C)cc1. The van der Waals surface area contributed by atoms with Crippen molar-refractivity contribution in [2.75, 3.05) is 10.6 Å². The second-order valence-electron chi connectivity index (χ2n) is 8.19. The molecule has 4 aromatic rings. The Hall–Kier alpha value is -3.16. The van der Waals surface area contributed by atoms with Crippen LogP contribution in [0, 0.1) is 27.7 Å². The van der Waals surface area contributed by atoms with Gasteiger partial charge in [-0.2, -0.15) is 10.2 Å². The second-order valence-corrected chi connectivity index (χ2v) is 9.00. The summed E-state index contributed by atoms with van der Waals surface area (Å²) in [5.74, 6) is 0.680. The van der Waals surface area contributed by atoms with Gasteiger partial charge < -0.3 is 10.6 Å². The largest absolute Gasteiger partial charge is 0.329 e. The van der Waals surface area contributed by atoms with Crippen LogP contribution >= 0.6 is 23.8 Å². The zero-order valence-electron chi connectivity index (χ0n) is 19.2. The fourth-order valence-corrected chi connectivity index (χ4v) is 4.08. The zero-order chi connectivity index (χ0) is 23.5. The van der Waals surface area contributed by atoms with Gasteiger partial charge in [0.25, 0.3) is 0 Å². The molecule has 6 nitrogen and oxygen atoms in total. The Balaban J connectivity index is 1.43. The molecule has 33 heavy (non-hydrogen) atoms. The number of nitrogens with zero attached hydrogens (tertiary/aromatic N) is 4. The molecule has 8 heteroatoms. The van der Waals surface area contributed by atoms with Crippen LogP contribution in [0.3, 0.4) is 0 Å². The molecule has 0 saturated heterocycles. The molecule has 2 heterocycles. The summed E-state index contributed by atoms with van der Waals surface area (Å²) in [6.07, 6.45) is 0. The molecule has 2 aromatic carbocycles. The van der Waals surface area contributed by atoms with Gasteiger partial charge in [-0.05, 0) is 57.1 Å². The highest BCUT2D eigenvalue weighted by molar-refractivity contribution is 7.80. The molecule has 0 amide bonds. The summed E-state index contributed by atoms with van der Waals surface area (Å²) >= 11 is 11.9. The molecule has 4 rings (SSSR count). The molecule has 0 spiro atoms. The van der Waals surface area contributed by atoms with Crippen molar-refractivity contribution < 1.29 is 0 Å². The normalized spacial score (nSPS) is 10.9. The number of benzene rings is 2. The van der Waals surface area contributed by atoms with Crippen LogP contribution in [0.1, 0.15) is 33.8 Å².